The molecule has 0 aliphatic carbocycles. The first-order chi connectivity index (χ1) is 4.75. The van der Waals surface area contributed by atoms with Crippen LogP contribution in [-0.4, -0.2) is 5.25 Å². The van der Waals surface area contributed by atoms with Crippen LogP contribution in [-0.2, 0) is 8.96 Å². The second kappa shape index (κ2) is 2.54. The van der Waals surface area contributed by atoms with Gasteiger partial charge < -0.3 is 0 Å². The lowest BCUT2D eigenvalue weighted by Crippen LogP contribution is -1.83. The van der Waals surface area contributed by atoms with E-state index in [1.807, 2.05) is 10.8 Å². The number of allylic oxidation sites excluding steroid dienone is 2. The molecule has 3 heteroatoms. The summed E-state index contributed by atoms with van der Waals surface area (Å²) in [5.41, 5.74) is 0. The van der Waals surface area contributed by atoms with Crippen LogP contribution in [0.5, 0.6) is 0 Å². The van der Waals surface area contributed by atoms with E-state index in [0.717, 1.165) is 5.25 Å². The van der Waals surface area contributed by atoms with Gasteiger partial charge in [0.15, 0.2) is 13.9 Å². The normalized spacial score (nSPS) is 37.4. The van der Waals surface area contributed by atoms with Crippen molar-refractivity contribution in [2.45, 2.75) is 19.1 Å². The Balaban J connectivity index is 2.26. The SMILES string of the molecule is CC1=CC2=CC(C)S[S+]2S1. The van der Waals surface area contributed by atoms with E-state index in [9.17, 15) is 0 Å². The van der Waals surface area contributed by atoms with Crippen LogP contribution in [0.1, 0.15) is 13.8 Å². The van der Waals surface area contributed by atoms with E-state index in [1.165, 1.54) is 4.91 Å². The van der Waals surface area contributed by atoms with E-state index in [1.54, 1.807) is 4.91 Å². The molecule has 0 bridgehead atoms. The monoisotopic (exact) mass is 189 g/mol. The van der Waals surface area contributed by atoms with Gasteiger partial charge >= 0.3 is 0 Å². The van der Waals surface area contributed by atoms with Crippen LogP contribution >= 0.6 is 21.6 Å². The van der Waals surface area contributed by atoms with Crippen molar-refractivity contribution in [3.63, 3.8) is 0 Å². The smallest absolute Gasteiger partial charge is 0.0450 e. The molecule has 0 spiro atoms. The Kier molecular flexibility index (Phi) is 1.83. The average Bonchev–Trinajstić information content (AvgIpc) is 2.21. The summed E-state index contributed by atoms with van der Waals surface area (Å²) >= 11 is 0. The molecule has 54 valence electrons. The fourth-order valence-corrected chi connectivity index (χ4v) is 8.55. The first kappa shape index (κ1) is 7.19. The molecule has 10 heavy (non-hydrogen) atoms. The number of rotatable bonds is 0. The highest BCUT2D eigenvalue weighted by atomic mass is 33.5. The van der Waals surface area contributed by atoms with E-state index in [4.69, 9.17) is 0 Å². The van der Waals surface area contributed by atoms with E-state index in [0.29, 0.717) is 8.96 Å². The topological polar surface area (TPSA) is 0 Å². The Morgan fingerprint density at radius 2 is 2.40 bits per heavy atom. The molecule has 0 amide bonds. The highest BCUT2D eigenvalue weighted by Crippen LogP contribution is 2.52. The van der Waals surface area contributed by atoms with Gasteiger partial charge in [-0.3, -0.25) is 0 Å². The van der Waals surface area contributed by atoms with Crippen molar-refractivity contribution in [1.82, 2.24) is 0 Å². The summed E-state index contributed by atoms with van der Waals surface area (Å²) in [6.07, 6.45) is 4.71. The molecule has 0 saturated heterocycles. The zero-order valence-electron chi connectivity index (χ0n) is 5.96. The maximum Gasteiger partial charge on any atom is 0.179 e. The lowest BCUT2D eigenvalue weighted by atomic mass is 10.4. The quantitative estimate of drug-likeness (QED) is 0.424. The molecule has 2 atom stereocenters. The van der Waals surface area contributed by atoms with Crippen LogP contribution in [0.3, 0.4) is 0 Å². The summed E-state index contributed by atoms with van der Waals surface area (Å²) in [5, 5.41) is 0.746. The lowest BCUT2D eigenvalue weighted by Gasteiger charge is -1.89. The Labute approximate surface area is 71.7 Å². The lowest BCUT2D eigenvalue weighted by molar-refractivity contribution is 1.26. The van der Waals surface area contributed by atoms with Gasteiger partial charge in [-0.15, -0.1) is 0 Å². The van der Waals surface area contributed by atoms with Crippen molar-refractivity contribution in [2.75, 3.05) is 0 Å². The molecule has 0 aromatic carbocycles. The van der Waals surface area contributed by atoms with Crippen molar-refractivity contribution in [2.24, 2.45) is 0 Å². The predicted octanol–water partition coefficient (Wildman–Crippen LogP) is 3.10. The molecule has 0 aromatic heterocycles. The molecule has 0 radical (unpaired) electrons. The van der Waals surface area contributed by atoms with Crippen molar-refractivity contribution in [1.29, 1.82) is 0 Å². The molecule has 0 saturated carbocycles. The van der Waals surface area contributed by atoms with Gasteiger partial charge in [0.1, 0.15) is 21.6 Å². The Bertz CT molecular complexity index is 217. The minimum atomic E-state index is 0.474. The predicted molar refractivity (Wildman–Crippen MR) is 53.8 cm³/mol. The standard InChI is InChI=1S/C7H9S3/c1-5-3-7-4-6(2)9-10(7)8-5/h3-5H,1-2H3/q+1. The zero-order chi connectivity index (χ0) is 7.14. The molecule has 0 aromatic rings. The molecular formula is C7H9S3+. The molecule has 2 heterocycles. The summed E-state index contributed by atoms with van der Waals surface area (Å²) in [7, 11) is 4.58. The molecule has 2 aliphatic heterocycles. The minimum absolute atomic E-state index is 0.474. The molecule has 0 nitrogen and oxygen atoms in total. The van der Waals surface area contributed by atoms with Gasteiger partial charge in [-0.25, -0.2) is 0 Å². The Hall–Kier alpha value is 0.530. The highest BCUT2D eigenvalue weighted by molar-refractivity contribution is 9.09. The molecule has 2 unspecified atom stereocenters. The summed E-state index contributed by atoms with van der Waals surface area (Å²) in [5.74, 6) is 0. The highest BCUT2D eigenvalue weighted by Gasteiger charge is 2.41. The third kappa shape index (κ3) is 1.15. The first-order valence-electron chi connectivity index (χ1n) is 3.25. The average molecular weight is 189 g/mol. The van der Waals surface area contributed by atoms with E-state index in [-0.39, 0.29) is 0 Å². The maximum absolute atomic E-state index is 2.39. The second-order valence-corrected chi connectivity index (χ2v) is 8.84. The van der Waals surface area contributed by atoms with E-state index < -0.39 is 0 Å². The number of hydrogen-bond acceptors (Lipinski definition) is 2. The van der Waals surface area contributed by atoms with Gasteiger partial charge in [-0.05, 0) is 19.9 Å². The zero-order valence-corrected chi connectivity index (χ0v) is 8.41. The number of hydrogen-bond donors (Lipinski definition) is 0. The largest absolute Gasteiger partial charge is 0.179 e. The molecule has 2 aliphatic rings. The molecule has 0 fully saturated rings. The van der Waals surface area contributed by atoms with E-state index >= 15 is 0 Å². The Morgan fingerprint density at radius 3 is 3.10 bits per heavy atom. The van der Waals surface area contributed by atoms with Gasteiger partial charge in [-0.1, -0.05) is 0 Å². The fourth-order valence-electron chi connectivity index (χ4n) is 1.02. The summed E-state index contributed by atoms with van der Waals surface area (Å²) in [6, 6.07) is 0. The van der Waals surface area contributed by atoms with Gasteiger partial charge in [0.05, 0.1) is 5.25 Å². The van der Waals surface area contributed by atoms with Gasteiger partial charge in [0.2, 0.25) is 0 Å². The Morgan fingerprint density at radius 1 is 1.60 bits per heavy atom. The van der Waals surface area contributed by atoms with Crippen molar-refractivity contribution in [3.05, 3.63) is 22.0 Å². The van der Waals surface area contributed by atoms with Gasteiger partial charge in [-0.2, -0.15) is 0 Å². The van der Waals surface area contributed by atoms with E-state index in [2.05, 4.69) is 36.8 Å². The van der Waals surface area contributed by atoms with Crippen LogP contribution in [0.4, 0.5) is 0 Å². The fraction of sp³-hybridized carbons (Fsp3) is 0.429. The summed E-state index contributed by atoms with van der Waals surface area (Å²) in [4.78, 5) is 3.05. The second-order valence-electron chi connectivity index (χ2n) is 2.44. The summed E-state index contributed by atoms with van der Waals surface area (Å²) < 4.78 is 0. The minimum Gasteiger partial charge on any atom is -0.0450 e. The van der Waals surface area contributed by atoms with Crippen LogP contribution in [0.2, 0.25) is 0 Å². The van der Waals surface area contributed by atoms with Crippen LogP contribution in [0.15, 0.2) is 22.0 Å². The number of fused-ring (bicyclic) bond motifs is 1. The maximum atomic E-state index is 2.39. The van der Waals surface area contributed by atoms with Crippen LogP contribution in [0, 0.1) is 0 Å². The summed E-state index contributed by atoms with van der Waals surface area (Å²) in [6.45, 7) is 4.47. The van der Waals surface area contributed by atoms with Gasteiger partial charge in [0.25, 0.3) is 0 Å². The van der Waals surface area contributed by atoms with Crippen molar-refractivity contribution in [3.8, 4) is 0 Å². The van der Waals surface area contributed by atoms with Crippen molar-refractivity contribution < 1.29 is 0 Å². The van der Waals surface area contributed by atoms with Gasteiger partial charge in [0, 0.05) is 11.0 Å². The first-order valence-corrected chi connectivity index (χ1v) is 7.21. The third-order valence-electron chi connectivity index (χ3n) is 1.38. The van der Waals surface area contributed by atoms with Crippen LogP contribution in [0.25, 0.3) is 0 Å². The van der Waals surface area contributed by atoms with Crippen LogP contribution < -0.4 is 0 Å². The molecule has 2 rings (SSSR count). The molecule has 0 N–H and O–H groups in total. The third-order valence-corrected chi connectivity index (χ3v) is 8.32. The molecular weight excluding hydrogens is 180 g/mol. The van der Waals surface area contributed by atoms with Crippen molar-refractivity contribution >= 4 is 30.5 Å².